The van der Waals surface area contributed by atoms with Gasteiger partial charge in [0.05, 0.1) is 0 Å². The van der Waals surface area contributed by atoms with Crippen LogP contribution >= 0.6 is 0 Å². The van der Waals surface area contributed by atoms with E-state index >= 15 is 0 Å². The zero-order valence-corrected chi connectivity index (χ0v) is 11.5. The van der Waals surface area contributed by atoms with Gasteiger partial charge in [-0.15, -0.1) is 0 Å². The van der Waals surface area contributed by atoms with Gasteiger partial charge >= 0.3 is 11.8 Å². The molecule has 5 nitrogen and oxygen atoms in total. The fourth-order valence-corrected chi connectivity index (χ4v) is 2.80. The molecule has 2 aliphatic rings. The quantitative estimate of drug-likeness (QED) is 0.694. The average Bonchev–Trinajstić information content (AvgIpc) is 2.72. The first-order valence-electron chi connectivity index (χ1n) is 7.11. The summed E-state index contributed by atoms with van der Waals surface area (Å²) in [5.74, 6) is -0.732. The Hall–Kier alpha value is -1.88. The van der Waals surface area contributed by atoms with Gasteiger partial charge in [0.2, 0.25) is 0 Å². The van der Waals surface area contributed by atoms with E-state index in [0.717, 1.165) is 30.6 Å². The number of carbonyl (C=O) groups excluding carboxylic acids is 2. The molecule has 0 bridgehead atoms. The average molecular weight is 273 g/mol. The smallest absolute Gasteiger partial charge is 0.312 e. The molecule has 1 saturated heterocycles. The normalized spacial score (nSPS) is 18.6. The maximum atomic E-state index is 12.3. The van der Waals surface area contributed by atoms with Crippen LogP contribution < -0.4 is 5.32 Å². The molecular weight excluding hydrogens is 254 g/mol. The van der Waals surface area contributed by atoms with E-state index in [9.17, 15) is 9.59 Å². The minimum atomic E-state index is -0.372. The molecule has 0 aliphatic carbocycles. The van der Waals surface area contributed by atoms with Gasteiger partial charge in [-0.3, -0.25) is 9.59 Å². The van der Waals surface area contributed by atoms with Gasteiger partial charge in [-0.05, 0) is 24.1 Å². The lowest BCUT2D eigenvalue weighted by Gasteiger charge is -2.22. The van der Waals surface area contributed by atoms with Crippen LogP contribution in [0, 0.1) is 0 Å². The molecule has 0 unspecified atom stereocenters. The first-order chi connectivity index (χ1) is 9.75. The Morgan fingerprint density at radius 3 is 2.25 bits per heavy atom. The molecule has 5 heteroatoms. The second-order valence-corrected chi connectivity index (χ2v) is 5.33. The number of carbonyl (C=O) groups is 2. The van der Waals surface area contributed by atoms with E-state index < -0.39 is 0 Å². The zero-order chi connectivity index (χ0) is 13.9. The Kier molecular flexibility index (Phi) is 3.69. The SMILES string of the molecule is O=C(C(=O)N1Cc2ccccc2C1)N1CCCNCC1. The highest BCUT2D eigenvalue weighted by molar-refractivity contribution is 6.34. The third kappa shape index (κ3) is 2.54. The number of hydrogen-bond acceptors (Lipinski definition) is 3. The molecular formula is C15H19N3O2. The van der Waals surface area contributed by atoms with Gasteiger partial charge < -0.3 is 15.1 Å². The topological polar surface area (TPSA) is 52.7 Å². The first-order valence-corrected chi connectivity index (χ1v) is 7.11. The van der Waals surface area contributed by atoms with Gasteiger partial charge in [-0.2, -0.15) is 0 Å². The van der Waals surface area contributed by atoms with Crippen LogP contribution in [0.2, 0.25) is 0 Å². The van der Waals surface area contributed by atoms with E-state index in [1.807, 2.05) is 24.3 Å². The van der Waals surface area contributed by atoms with E-state index in [0.29, 0.717) is 26.2 Å². The van der Waals surface area contributed by atoms with Crippen molar-refractivity contribution >= 4 is 11.8 Å². The summed E-state index contributed by atoms with van der Waals surface area (Å²) in [5.41, 5.74) is 2.29. The Balaban J connectivity index is 1.66. The molecule has 1 N–H and O–H groups in total. The van der Waals surface area contributed by atoms with Crippen molar-refractivity contribution in [1.29, 1.82) is 0 Å². The second-order valence-electron chi connectivity index (χ2n) is 5.33. The predicted molar refractivity (Wildman–Crippen MR) is 74.8 cm³/mol. The van der Waals surface area contributed by atoms with Crippen molar-refractivity contribution in [3.8, 4) is 0 Å². The summed E-state index contributed by atoms with van der Waals surface area (Å²) in [5, 5.41) is 3.24. The van der Waals surface area contributed by atoms with E-state index in [1.54, 1.807) is 9.80 Å². The monoisotopic (exact) mass is 273 g/mol. The lowest BCUT2D eigenvalue weighted by atomic mass is 10.1. The van der Waals surface area contributed by atoms with Crippen LogP contribution in [0.3, 0.4) is 0 Å². The van der Waals surface area contributed by atoms with E-state index in [-0.39, 0.29) is 11.8 Å². The maximum Gasteiger partial charge on any atom is 0.312 e. The van der Waals surface area contributed by atoms with Gasteiger partial charge in [0.25, 0.3) is 0 Å². The van der Waals surface area contributed by atoms with Crippen LogP contribution in [-0.4, -0.2) is 47.8 Å². The van der Waals surface area contributed by atoms with Crippen LogP contribution in [0.15, 0.2) is 24.3 Å². The zero-order valence-electron chi connectivity index (χ0n) is 11.5. The minimum Gasteiger partial charge on any atom is -0.333 e. The highest BCUT2D eigenvalue weighted by atomic mass is 16.2. The summed E-state index contributed by atoms with van der Waals surface area (Å²) >= 11 is 0. The summed E-state index contributed by atoms with van der Waals surface area (Å²) in [7, 11) is 0. The molecule has 2 amide bonds. The summed E-state index contributed by atoms with van der Waals surface area (Å²) in [4.78, 5) is 28.0. The third-order valence-corrected chi connectivity index (χ3v) is 3.94. The molecule has 20 heavy (non-hydrogen) atoms. The van der Waals surface area contributed by atoms with E-state index in [1.165, 1.54) is 0 Å². The molecule has 106 valence electrons. The van der Waals surface area contributed by atoms with Gasteiger partial charge in [0, 0.05) is 32.7 Å². The minimum absolute atomic E-state index is 0.360. The largest absolute Gasteiger partial charge is 0.333 e. The van der Waals surface area contributed by atoms with Crippen LogP contribution in [0.25, 0.3) is 0 Å². The standard InChI is InChI=1S/C15H19N3O2/c19-14(17-8-3-6-16-7-9-17)15(20)18-10-12-4-1-2-5-13(12)11-18/h1-2,4-5,16H,3,6-11H2. The molecule has 1 aromatic rings. The van der Waals surface area contributed by atoms with Gasteiger partial charge in [0.15, 0.2) is 0 Å². The molecule has 1 fully saturated rings. The number of fused-ring (bicyclic) bond motifs is 1. The lowest BCUT2D eigenvalue weighted by molar-refractivity contribution is -0.152. The number of amides is 2. The number of nitrogens with zero attached hydrogens (tertiary/aromatic N) is 2. The summed E-state index contributed by atoms with van der Waals surface area (Å²) < 4.78 is 0. The predicted octanol–water partition coefficient (Wildman–Crippen LogP) is 0.351. The summed E-state index contributed by atoms with van der Waals surface area (Å²) in [6, 6.07) is 7.97. The van der Waals surface area contributed by atoms with Crippen molar-refractivity contribution in [2.24, 2.45) is 0 Å². The van der Waals surface area contributed by atoms with Crippen molar-refractivity contribution in [2.75, 3.05) is 26.2 Å². The number of hydrogen-bond donors (Lipinski definition) is 1. The Morgan fingerprint density at radius 1 is 0.900 bits per heavy atom. The fraction of sp³-hybridized carbons (Fsp3) is 0.467. The summed E-state index contributed by atoms with van der Waals surface area (Å²) in [6.45, 7) is 4.05. The first kappa shape index (κ1) is 13.1. The van der Waals surface area contributed by atoms with Gasteiger partial charge in [-0.1, -0.05) is 24.3 Å². The molecule has 2 heterocycles. The van der Waals surface area contributed by atoms with Crippen LogP contribution in [0.4, 0.5) is 0 Å². The number of nitrogens with one attached hydrogen (secondary N) is 1. The molecule has 0 spiro atoms. The number of benzene rings is 1. The maximum absolute atomic E-state index is 12.3. The lowest BCUT2D eigenvalue weighted by Crippen LogP contribution is -2.44. The molecule has 0 atom stereocenters. The van der Waals surface area contributed by atoms with Crippen LogP contribution in [-0.2, 0) is 22.7 Å². The Morgan fingerprint density at radius 2 is 1.55 bits per heavy atom. The van der Waals surface area contributed by atoms with E-state index in [2.05, 4.69) is 5.32 Å². The molecule has 2 aliphatic heterocycles. The molecule has 0 saturated carbocycles. The molecule has 3 rings (SSSR count). The number of rotatable bonds is 0. The molecule has 1 aromatic carbocycles. The van der Waals surface area contributed by atoms with Gasteiger partial charge in [-0.25, -0.2) is 0 Å². The second kappa shape index (κ2) is 5.63. The van der Waals surface area contributed by atoms with Crippen molar-refractivity contribution in [2.45, 2.75) is 19.5 Å². The van der Waals surface area contributed by atoms with Crippen molar-refractivity contribution in [3.05, 3.63) is 35.4 Å². The molecule has 0 radical (unpaired) electrons. The van der Waals surface area contributed by atoms with Crippen molar-refractivity contribution < 1.29 is 9.59 Å². The van der Waals surface area contributed by atoms with Crippen molar-refractivity contribution in [3.63, 3.8) is 0 Å². The third-order valence-electron chi connectivity index (χ3n) is 3.94. The highest BCUT2D eigenvalue weighted by Gasteiger charge is 2.30. The Bertz CT molecular complexity index is 497. The van der Waals surface area contributed by atoms with Gasteiger partial charge in [0.1, 0.15) is 0 Å². The van der Waals surface area contributed by atoms with E-state index in [4.69, 9.17) is 0 Å². The molecule has 0 aromatic heterocycles. The van der Waals surface area contributed by atoms with Crippen LogP contribution in [0.1, 0.15) is 17.5 Å². The Labute approximate surface area is 118 Å². The highest BCUT2D eigenvalue weighted by Crippen LogP contribution is 2.22. The van der Waals surface area contributed by atoms with Crippen molar-refractivity contribution in [1.82, 2.24) is 15.1 Å². The van der Waals surface area contributed by atoms with Crippen LogP contribution in [0.5, 0.6) is 0 Å². The fourth-order valence-electron chi connectivity index (χ4n) is 2.80. The summed E-state index contributed by atoms with van der Waals surface area (Å²) in [6.07, 6.45) is 0.902.